The number of amides is 2. The molecule has 2 N–H and O–H groups in total. The molecule has 0 radical (unpaired) electrons. The molecule has 0 aromatic heterocycles. The first kappa shape index (κ1) is 16.5. The number of nitrogens with two attached hydrogens (primary N) is 1. The fraction of sp³-hybridized carbons (Fsp3) is 0.176. The van der Waals surface area contributed by atoms with E-state index in [9.17, 15) is 14.0 Å². The van der Waals surface area contributed by atoms with E-state index in [1.165, 1.54) is 30.2 Å². The largest absolute Gasteiger partial charge is 0.497 e. The van der Waals surface area contributed by atoms with Crippen molar-refractivity contribution in [1.29, 1.82) is 0 Å². The lowest BCUT2D eigenvalue weighted by Crippen LogP contribution is -2.38. The van der Waals surface area contributed by atoms with Crippen LogP contribution >= 0.6 is 0 Å². The van der Waals surface area contributed by atoms with Gasteiger partial charge in [0.1, 0.15) is 11.6 Å². The van der Waals surface area contributed by atoms with Crippen molar-refractivity contribution < 1.29 is 18.7 Å². The predicted molar refractivity (Wildman–Crippen MR) is 83.3 cm³/mol. The molecule has 0 heterocycles. The Morgan fingerprint density at radius 2 is 1.87 bits per heavy atom. The quantitative estimate of drug-likeness (QED) is 0.885. The lowest BCUT2D eigenvalue weighted by Gasteiger charge is -2.22. The van der Waals surface area contributed by atoms with Crippen LogP contribution in [0, 0.1) is 5.82 Å². The molecule has 0 fully saturated rings. The molecule has 0 aliphatic heterocycles. The van der Waals surface area contributed by atoms with Crippen LogP contribution in [0.2, 0.25) is 0 Å². The molecule has 6 heteroatoms. The van der Waals surface area contributed by atoms with Crippen LogP contribution in [0.1, 0.15) is 15.9 Å². The third kappa shape index (κ3) is 4.29. The first-order valence-electron chi connectivity index (χ1n) is 6.96. The maximum atomic E-state index is 14.0. The second kappa shape index (κ2) is 7.40. The van der Waals surface area contributed by atoms with Crippen LogP contribution in [-0.2, 0) is 11.3 Å². The van der Waals surface area contributed by atoms with Crippen LogP contribution in [0.4, 0.5) is 4.39 Å². The van der Waals surface area contributed by atoms with Gasteiger partial charge in [0.05, 0.1) is 13.7 Å². The van der Waals surface area contributed by atoms with Gasteiger partial charge in [-0.25, -0.2) is 4.39 Å². The smallest absolute Gasteiger partial charge is 0.254 e. The minimum absolute atomic E-state index is 0.0836. The fourth-order valence-corrected chi connectivity index (χ4v) is 2.16. The monoisotopic (exact) mass is 316 g/mol. The molecule has 0 saturated heterocycles. The van der Waals surface area contributed by atoms with Crippen LogP contribution in [0.15, 0.2) is 48.5 Å². The topological polar surface area (TPSA) is 72.6 Å². The van der Waals surface area contributed by atoms with Crippen LogP contribution in [0.5, 0.6) is 5.75 Å². The van der Waals surface area contributed by atoms with E-state index in [1.54, 1.807) is 30.3 Å². The predicted octanol–water partition coefficient (Wildman–Crippen LogP) is 1.96. The van der Waals surface area contributed by atoms with Gasteiger partial charge in [0.25, 0.3) is 5.91 Å². The van der Waals surface area contributed by atoms with Crippen molar-refractivity contribution in [3.8, 4) is 5.75 Å². The molecule has 2 amide bonds. The van der Waals surface area contributed by atoms with Crippen LogP contribution in [0.25, 0.3) is 0 Å². The number of ether oxygens (including phenoxy) is 1. The number of rotatable bonds is 6. The first-order valence-corrected chi connectivity index (χ1v) is 6.96. The summed E-state index contributed by atoms with van der Waals surface area (Å²) in [6.07, 6.45) is 0. The Morgan fingerprint density at radius 3 is 2.48 bits per heavy atom. The van der Waals surface area contributed by atoms with Gasteiger partial charge in [0, 0.05) is 17.7 Å². The number of primary amides is 1. The van der Waals surface area contributed by atoms with Gasteiger partial charge >= 0.3 is 0 Å². The Kier molecular flexibility index (Phi) is 5.30. The van der Waals surface area contributed by atoms with Gasteiger partial charge in [-0.2, -0.15) is 0 Å². The number of benzene rings is 2. The summed E-state index contributed by atoms with van der Waals surface area (Å²) < 4.78 is 19.0. The van der Waals surface area contributed by atoms with Crippen LogP contribution in [-0.4, -0.2) is 30.4 Å². The lowest BCUT2D eigenvalue weighted by molar-refractivity contribution is -0.118. The molecule has 23 heavy (non-hydrogen) atoms. The standard InChI is InChI=1S/C17H17FN2O3/c1-23-14-7-8-15(18)13(9-14)10-20(11-16(19)21)17(22)12-5-3-2-4-6-12/h2-9H,10-11H2,1H3,(H2,19,21). The van der Waals surface area contributed by atoms with E-state index < -0.39 is 17.6 Å². The fourth-order valence-electron chi connectivity index (χ4n) is 2.16. The van der Waals surface area contributed by atoms with Gasteiger partial charge in [0.15, 0.2) is 0 Å². The average Bonchev–Trinajstić information content (AvgIpc) is 2.56. The van der Waals surface area contributed by atoms with Crippen molar-refractivity contribution >= 4 is 11.8 Å². The van der Waals surface area contributed by atoms with E-state index in [4.69, 9.17) is 10.5 Å². The molecule has 2 aromatic carbocycles. The summed E-state index contributed by atoms with van der Waals surface area (Å²) in [7, 11) is 1.47. The zero-order valence-electron chi connectivity index (χ0n) is 12.7. The van der Waals surface area contributed by atoms with E-state index in [0.717, 1.165) is 0 Å². The summed E-state index contributed by atoms with van der Waals surface area (Å²) in [6, 6.07) is 12.7. The number of carbonyl (C=O) groups is 2. The summed E-state index contributed by atoms with van der Waals surface area (Å²) in [5.74, 6) is -1.09. The summed E-state index contributed by atoms with van der Waals surface area (Å²) >= 11 is 0. The SMILES string of the molecule is COc1ccc(F)c(CN(CC(N)=O)C(=O)c2ccccc2)c1. The highest BCUT2D eigenvalue weighted by atomic mass is 19.1. The molecule has 0 bridgehead atoms. The normalized spacial score (nSPS) is 10.2. The maximum Gasteiger partial charge on any atom is 0.254 e. The van der Waals surface area contributed by atoms with Crippen molar-refractivity contribution in [2.24, 2.45) is 5.73 Å². The minimum Gasteiger partial charge on any atom is -0.497 e. The molecule has 0 spiro atoms. The molecule has 2 aromatic rings. The second-order valence-corrected chi connectivity index (χ2v) is 4.95. The second-order valence-electron chi connectivity index (χ2n) is 4.95. The summed E-state index contributed by atoms with van der Waals surface area (Å²) in [6.45, 7) is -0.385. The number of methoxy groups -OCH3 is 1. The highest BCUT2D eigenvalue weighted by Gasteiger charge is 2.19. The zero-order chi connectivity index (χ0) is 16.8. The summed E-state index contributed by atoms with van der Waals surface area (Å²) in [5.41, 5.74) is 5.85. The number of carbonyl (C=O) groups excluding carboxylic acids is 2. The molecule has 0 aliphatic carbocycles. The van der Waals surface area contributed by atoms with E-state index in [-0.39, 0.29) is 18.7 Å². The Balaban J connectivity index is 2.29. The van der Waals surface area contributed by atoms with Gasteiger partial charge in [-0.05, 0) is 30.3 Å². The molecule has 120 valence electrons. The lowest BCUT2D eigenvalue weighted by atomic mass is 10.1. The summed E-state index contributed by atoms with van der Waals surface area (Å²) in [5, 5.41) is 0. The van der Waals surface area contributed by atoms with E-state index in [0.29, 0.717) is 11.3 Å². The number of hydrogen-bond acceptors (Lipinski definition) is 3. The number of halogens is 1. The molecule has 2 rings (SSSR count). The molecular formula is C17H17FN2O3. The van der Waals surface area contributed by atoms with Crippen molar-refractivity contribution in [3.05, 3.63) is 65.5 Å². The number of hydrogen-bond donors (Lipinski definition) is 1. The van der Waals surface area contributed by atoms with Gasteiger partial charge < -0.3 is 15.4 Å². The van der Waals surface area contributed by atoms with Crippen molar-refractivity contribution in [2.45, 2.75) is 6.54 Å². The molecule has 5 nitrogen and oxygen atoms in total. The Hall–Kier alpha value is -2.89. The van der Waals surface area contributed by atoms with Crippen LogP contribution < -0.4 is 10.5 Å². The van der Waals surface area contributed by atoms with Gasteiger partial charge in [-0.1, -0.05) is 18.2 Å². The molecule has 0 saturated carbocycles. The molecule has 0 aliphatic rings. The first-order chi connectivity index (χ1) is 11.0. The van der Waals surface area contributed by atoms with Crippen molar-refractivity contribution in [3.63, 3.8) is 0 Å². The third-order valence-electron chi connectivity index (χ3n) is 3.27. The Bertz CT molecular complexity index is 704. The van der Waals surface area contributed by atoms with Gasteiger partial charge in [-0.15, -0.1) is 0 Å². The molecule has 0 atom stereocenters. The maximum absolute atomic E-state index is 14.0. The Labute approximate surface area is 133 Å². The highest BCUT2D eigenvalue weighted by molar-refractivity contribution is 5.96. The number of nitrogens with zero attached hydrogens (tertiary/aromatic N) is 1. The van der Waals surface area contributed by atoms with Crippen LogP contribution in [0.3, 0.4) is 0 Å². The third-order valence-corrected chi connectivity index (χ3v) is 3.27. The molecule has 0 unspecified atom stereocenters. The van der Waals surface area contributed by atoms with E-state index in [1.807, 2.05) is 0 Å². The van der Waals surface area contributed by atoms with Crippen molar-refractivity contribution in [2.75, 3.05) is 13.7 Å². The average molecular weight is 316 g/mol. The highest BCUT2D eigenvalue weighted by Crippen LogP contribution is 2.19. The molecular weight excluding hydrogens is 299 g/mol. The Morgan fingerprint density at radius 1 is 1.17 bits per heavy atom. The van der Waals surface area contributed by atoms with Crippen molar-refractivity contribution in [1.82, 2.24) is 4.90 Å². The van der Waals surface area contributed by atoms with E-state index >= 15 is 0 Å². The minimum atomic E-state index is -0.669. The summed E-state index contributed by atoms with van der Waals surface area (Å²) in [4.78, 5) is 25.0. The van der Waals surface area contributed by atoms with Gasteiger partial charge in [-0.3, -0.25) is 9.59 Å². The van der Waals surface area contributed by atoms with E-state index in [2.05, 4.69) is 0 Å². The van der Waals surface area contributed by atoms with Gasteiger partial charge in [0.2, 0.25) is 5.91 Å². The zero-order valence-corrected chi connectivity index (χ0v) is 12.7.